The molecule has 0 bridgehead atoms. The summed E-state index contributed by atoms with van der Waals surface area (Å²) in [5, 5.41) is 14.5. The smallest absolute Gasteiger partial charge is 0.143 e. The molecule has 2 N–H and O–H groups in total. The predicted molar refractivity (Wildman–Crippen MR) is 210 cm³/mol. The van der Waals surface area contributed by atoms with Crippen molar-refractivity contribution in [2.24, 2.45) is 4.99 Å². The average Bonchev–Trinajstić information content (AvgIpc) is 3.89. The van der Waals surface area contributed by atoms with Crippen LogP contribution in [0.2, 0.25) is 0 Å². The van der Waals surface area contributed by atoms with Crippen molar-refractivity contribution in [3.8, 4) is 11.1 Å². The number of hydrogen-bond acceptors (Lipinski definition) is 6. The third-order valence-corrected chi connectivity index (χ3v) is 11.4. The van der Waals surface area contributed by atoms with Gasteiger partial charge in [0.2, 0.25) is 0 Å². The number of amidine groups is 1. The molecule has 0 saturated carbocycles. The first-order chi connectivity index (χ1) is 25.3. The summed E-state index contributed by atoms with van der Waals surface area (Å²) in [4.78, 5) is 5.26. The minimum atomic E-state index is -0.288. The molecule has 0 fully saturated rings. The molecule has 6 heteroatoms. The summed E-state index contributed by atoms with van der Waals surface area (Å²) in [5.74, 6) is 0.843. The lowest BCUT2D eigenvalue weighted by Crippen LogP contribution is -2.45. The van der Waals surface area contributed by atoms with Gasteiger partial charge in [0, 0.05) is 64.0 Å². The van der Waals surface area contributed by atoms with Gasteiger partial charge >= 0.3 is 0 Å². The highest BCUT2D eigenvalue weighted by Crippen LogP contribution is 2.44. The van der Waals surface area contributed by atoms with E-state index >= 15 is 0 Å². The van der Waals surface area contributed by atoms with Crippen molar-refractivity contribution in [3.63, 3.8) is 0 Å². The van der Waals surface area contributed by atoms with Gasteiger partial charge in [0.05, 0.1) is 0 Å². The molecular formula is C45H29N3O2S. The van der Waals surface area contributed by atoms with Crippen molar-refractivity contribution in [3.05, 3.63) is 168 Å². The Morgan fingerprint density at radius 1 is 0.529 bits per heavy atom. The predicted octanol–water partition coefficient (Wildman–Crippen LogP) is 11.9. The van der Waals surface area contributed by atoms with Gasteiger partial charge in [-0.05, 0) is 23.8 Å². The highest BCUT2D eigenvalue weighted by Gasteiger charge is 2.28. The van der Waals surface area contributed by atoms with E-state index in [0.717, 1.165) is 72.0 Å². The normalized spacial score (nSPS) is 16.4. The summed E-state index contributed by atoms with van der Waals surface area (Å²) >= 11 is 1.83. The van der Waals surface area contributed by atoms with Gasteiger partial charge in [0.15, 0.2) is 0 Å². The van der Waals surface area contributed by atoms with Crippen LogP contribution in [0.3, 0.4) is 0 Å². The van der Waals surface area contributed by atoms with E-state index in [1.165, 1.54) is 25.7 Å². The standard InChI is InChI=1S/C45H29N3O2S/c1-2-11-26(12-3-1)43-46-44(48-45(47-43)36-20-9-16-32-29-14-5-7-22-38(29)50-41(32)36)27-23-24-30-34-18-10-19-35(42(34)51-39(30)25-27)33-17-8-15-31-28-13-4-6-21-37(28)49-40(31)33/h1-25,44-45,48H,(H,46,47). The number of rotatable bonds is 4. The van der Waals surface area contributed by atoms with E-state index < -0.39 is 0 Å². The van der Waals surface area contributed by atoms with Crippen LogP contribution in [-0.2, 0) is 0 Å². The van der Waals surface area contributed by atoms with Crippen LogP contribution in [0.1, 0.15) is 29.0 Å². The molecule has 0 radical (unpaired) electrons. The first-order valence-electron chi connectivity index (χ1n) is 17.2. The SMILES string of the molecule is c1ccc(C2=NC(c3ccc4c(c3)sc3c(-c5cccc6c5oc5ccccc56)cccc34)NC(c3cccc4c3oc3ccccc34)N2)cc1. The molecule has 10 aromatic rings. The molecule has 0 saturated heterocycles. The lowest BCUT2D eigenvalue weighted by Gasteiger charge is -2.32. The van der Waals surface area contributed by atoms with Gasteiger partial charge in [-0.15, -0.1) is 11.3 Å². The lowest BCUT2D eigenvalue weighted by atomic mass is 10.00. The van der Waals surface area contributed by atoms with Crippen molar-refractivity contribution >= 4 is 81.2 Å². The third-order valence-electron chi connectivity index (χ3n) is 10.2. The van der Waals surface area contributed by atoms with Gasteiger partial charge in [-0.1, -0.05) is 133 Å². The molecule has 1 aliphatic heterocycles. The quantitative estimate of drug-likeness (QED) is 0.195. The van der Waals surface area contributed by atoms with E-state index in [4.69, 9.17) is 13.8 Å². The Labute approximate surface area is 296 Å². The summed E-state index contributed by atoms with van der Waals surface area (Å²) in [5.41, 5.74) is 9.09. The second-order valence-corrected chi connectivity index (χ2v) is 14.2. The zero-order valence-corrected chi connectivity index (χ0v) is 28.1. The zero-order valence-electron chi connectivity index (χ0n) is 27.3. The second-order valence-electron chi connectivity index (χ2n) is 13.1. The fraction of sp³-hybridized carbons (Fsp3) is 0.0444. The molecule has 11 rings (SSSR count). The lowest BCUT2D eigenvalue weighted by molar-refractivity contribution is 0.408. The topological polar surface area (TPSA) is 62.7 Å². The van der Waals surface area contributed by atoms with Crippen LogP contribution in [0.5, 0.6) is 0 Å². The van der Waals surface area contributed by atoms with Crippen LogP contribution in [0.4, 0.5) is 0 Å². The van der Waals surface area contributed by atoms with Gasteiger partial charge in [0.1, 0.15) is 40.5 Å². The van der Waals surface area contributed by atoms with E-state index in [9.17, 15) is 0 Å². The first kappa shape index (κ1) is 28.6. The molecular weight excluding hydrogens is 647 g/mol. The minimum Gasteiger partial charge on any atom is -0.456 e. The van der Waals surface area contributed by atoms with Gasteiger partial charge in [-0.3, -0.25) is 5.32 Å². The Balaban J connectivity index is 1.04. The molecule has 242 valence electrons. The third kappa shape index (κ3) is 4.47. The van der Waals surface area contributed by atoms with E-state index in [1.54, 1.807) is 0 Å². The van der Waals surface area contributed by atoms with Crippen molar-refractivity contribution in [1.29, 1.82) is 0 Å². The van der Waals surface area contributed by atoms with Crippen molar-refractivity contribution in [1.82, 2.24) is 10.6 Å². The summed E-state index contributed by atoms with van der Waals surface area (Å²) in [6.07, 6.45) is -0.523. The summed E-state index contributed by atoms with van der Waals surface area (Å²) in [6.45, 7) is 0. The Kier molecular flexibility index (Phi) is 6.26. The molecule has 1 aliphatic rings. The fourth-order valence-corrected chi connectivity index (χ4v) is 9.06. The maximum atomic E-state index is 6.48. The molecule has 51 heavy (non-hydrogen) atoms. The fourth-order valence-electron chi connectivity index (χ4n) is 7.78. The van der Waals surface area contributed by atoms with E-state index in [2.05, 4.69) is 132 Å². The molecule has 2 atom stereocenters. The molecule has 2 unspecified atom stereocenters. The van der Waals surface area contributed by atoms with Crippen LogP contribution in [0.25, 0.3) is 75.2 Å². The van der Waals surface area contributed by atoms with Crippen LogP contribution in [0.15, 0.2) is 165 Å². The number of para-hydroxylation sites is 4. The van der Waals surface area contributed by atoms with Gasteiger partial charge in [-0.2, -0.15) is 0 Å². The molecule has 3 aromatic heterocycles. The largest absolute Gasteiger partial charge is 0.456 e. The van der Waals surface area contributed by atoms with Gasteiger partial charge < -0.3 is 14.2 Å². The summed E-state index contributed by atoms with van der Waals surface area (Å²) in [7, 11) is 0. The molecule has 0 amide bonds. The number of furan rings is 2. The summed E-state index contributed by atoms with van der Waals surface area (Å²) < 4.78 is 15.4. The number of benzene rings is 7. The minimum absolute atomic E-state index is 0.235. The van der Waals surface area contributed by atoms with Crippen molar-refractivity contribution in [2.75, 3.05) is 0 Å². The number of fused-ring (bicyclic) bond motifs is 9. The van der Waals surface area contributed by atoms with Gasteiger partial charge in [0.25, 0.3) is 0 Å². The maximum Gasteiger partial charge on any atom is 0.143 e. The molecule has 0 spiro atoms. The van der Waals surface area contributed by atoms with Gasteiger partial charge in [-0.25, -0.2) is 4.99 Å². The van der Waals surface area contributed by atoms with Crippen molar-refractivity contribution in [2.45, 2.75) is 12.3 Å². The van der Waals surface area contributed by atoms with Crippen LogP contribution < -0.4 is 10.6 Å². The number of hydrogen-bond donors (Lipinski definition) is 2. The van der Waals surface area contributed by atoms with Crippen LogP contribution >= 0.6 is 11.3 Å². The number of nitrogens with zero attached hydrogens (tertiary/aromatic N) is 1. The van der Waals surface area contributed by atoms with Crippen LogP contribution in [0, 0.1) is 0 Å². The molecule has 0 aliphatic carbocycles. The van der Waals surface area contributed by atoms with E-state index in [-0.39, 0.29) is 12.3 Å². The average molecular weight is 676 g/mol. The number of thiophene rings is 1. The van der Waals surface area contributed by atoms with Crippen LogP contribution in [-0.4, -0.2) is 5.84 Å². The highest BCUT2D eigenvalue weighted by atomic mass is 32.1. The second kappa shape index (κ2) is 11.2. The summed E-state index contributed by atoms with van der Waals surface area (Å²) in [6, 6.07) is 53.1. The monoisotopic (exact) mass is 675 g/mol. The highest BCUT2D eigenvalue weighted by molar-refractivity contribution is 7.26. The zero-order chi connectivity index (χ0) is 33.5. The van der Waals surface area contributed by atoms with E-state index in [0.29, 0.717) is 0 Å². The molecule has 4 heterocycles. The Morgan fingerprint density at radius 3 is 1.98 bits per heavy atom. The first-order valence-corrected chi connectivity index (χ1v) is 18.0. The van der Waals surface area contributed by atoms with E-state index in [1.807, 2.05) is 41.7 Å². The molecule has 7 aromatic carbocycles. The number of aliphatic imine (C=N–C) groups is 1. The Morgan fingerprint density at radius 2 is 1.18 bits per heavy atom. The Bertz CT molecular complexity index is 3010. The number of nitrogens with one attached hydrogen (secondary N) is 2. The Hall–Kier alpha value is -6.21. The molecule has 5 nitrogen and oxygen atoms in total. The van der Waals surface area contributed by atoms with Crippen molar-refractivity contribution < 1.29 is 8.83 Å². The maximum absolute atomic E-state index is 6.48.